The SMILES string of the molecule is CN(CCOc1cccc(Cl)c1)C(=O)Nc1ccccc1. The third kappa shape index (κ3) is 5.00. The molecule has 0 saturated carbocycles. The van der Waals surface area contributed by atoms with Crippen molar-refractivity contribution in [1.29, 1.82) is 0 Å². The molecule has 1 N–H and O–H groups in total. The van der Waals surface area contributed by atoms with Gasteiger partial charge in [-0.3, -0.25) is 0 Å². The molecule has 21 heavy (non-hydrogen) atoms. The van der Waals surface area contributed by atoms with Gasteiger partial charge in [-0.25, -0.2) is 4.79 Å². The minimum atomic E-state index is -0.170. The fraction of sp³-hybridized carbons (Fsp3) is 0.188. The number of halogens is 1. The first-order valence-electron chi connectivity index (χ1n) is 6.61. The molecule has 0 saturated heterocycles. The third-order valence-electron chi connectivity index (χ3n) is 2.86. The monoisotopic (exact) mass is 304 g/mol. The summed E-state index contributed by atoms with van der Waals surface area (Å²) in [5.74, 6) is 0.694. The molecule has 0 heterocycles. The zero-order chi connectivity index (χ0) is 15.1. The molecule has 4 nitrogen and oxygen atoms in total. The van der Waals surface area contributed by atoms with Crippen LogP contribution >= 0.6 is 11.6 Å². The second-order valence-corrected chi connectivity index (χ2v) is 4.96. The molecule has 0 aliphatic rings. The van der Waals surface area contributed by atoms with Crippen molar-refractivity contribution in [3.8, 4) is 5.75 Å². The lowest BCUT2D eigenvalue weighted by Crippen LogP contribution is -2.34. The Labute approximate surface area is 129 Å². The van der Waals surface area contributed by atoms with Gasteiger partial charge in [0.2, 0.25) is 0 Å². The second kappa shape index (κ2) is 7.55. The van der Waals surface area contributed by atoms with Crippen molar-refractivity contribution in [3.05, 3.63) is 59.6 Å². The van der Waals surface area contributed by atoms with Gasteiger partial charge in [-0.1, -0.05) is 35.9 Å². The Kier molecular flexibility index (Phi) is 5.46. The van der Waals surface area contributed by atoms with Gasteiger partial charge >= 0.3 is 6.03 Å². The highest BCUT2D eigenvalue weighted by Gasteiger charge is 2.08. The number of urea groups is 1. The maximum Gasteiger partial charge on any atom is 0.321 e. The van der Waals surface area contributed by atoms with E-state index < -0.39 is 0 Å². The van der Waals surface area contributed by atoms with Gasteiger partial charge in [-0.15, -0.1) is 0 Å². The minimum Gasteiger partial charge on any atom is -0.492 e. The average molecular weight is 305 g/mol. The van der Waals surface area contributed by atoms with Crippen LogP contribution in [0.5, 0.6) is 5.75 Å². The van der Waals surface area contributed by atoms with Crippen molar-refractivity contribution in [3.63, 3.8) is 0 Å². The largest absolute Gasteiger partial charge is 0.492 e. The molecule has 0 radical (unpaired) electrons. The zero-order valence-corrected chi connectivity index (χ0v) is 12.5. The fourth-order valence-electron chi connectivity index (χ4n) is 1.70. The molecular formula is C16H17ClN2O2. The lowest BCUT2D eigenvalue weighted by atomic mass is 10.3. The van der Waals surface area contributed by atoms with Gasteiger partial charge in [0.1, 0.15) is 12.4 Å². The maximum absolute atomic E-state index is 11.9. The predicted octanol–water partition coefficient (Wildman–Crippen LogP) is 3.88. The Balaban J connectivity index is 1.76. The van der Waals surface area contributed by atoms with Crippen LogP contribution in [0.3, 0.4) is 0 Å². The van der Waals surface area contributed by atoms with E-state index in [0.29, 0.717) is 23.9 Å². The van der Waals surface area contributed by atoms with E-state index >= 15 is 0 Å². The van der Waals surface area contributed by atoms with E-state index in [9.17, 15) is 4.79 Å². The van der Waals surface area contributed by atoms with Gasteiger partial charge in [0.25, 0.3) is 0 Å². The van der Waals surface area contributed by atoms with E-state index in [1.54, 1.807) is 24.1 Å². The number of carbonyl (C=O) groups excluding carboxylic acids is 1. The summed E-state index contributed by atoms with van der Waals surface area (Å²) < 4.78 is 5.55. The molecule has 2 rings (SSSR count). The molecule has 2 aromatic carbocycles. The van der Waals surface area contributed by atoms with E-state index in [0.717, 1.165) is 5.69 Å². The van der Waals surface area contributed by atoms with Crippen molar-refractivity contribution >= 4 is 23.3 Å². The van der Waals surface area contributed by atoms with Crippen molar-refractivity contribution in [2.24, 2.45) is 0 Å². The maximum atomic E-state index is 11.9. The number of likely N-dealkylation sites (N-methyl/N-ethyl adjacent to an activating group) is 1. The Morgan fingerprint density at radius 3 is 2.67 bits per heavy atom. The van der Waals surface area contributed by atoms with Gasteiger partial charge in [-0.2, -0.15) is 0 Å². The molecule has 2 amide bonds. The van der Waals surface area contributed by atoms with Crippen molar-refractivity contribution in [2.75, 3.05) is 25.5 Å². The topological polar surface area (TPSA) is 41.6 Å². The van der Waals surface area contributed by atoms with Crippen LogP contribution in [0.4, 0.5) is 10.5 Å². The highest BCUT2D eigenvalue weighted by Crippen LogP contribution is 2.16. The number of hydrogen-bond donors (Lipinski definition) is 1. The van der Waals surface area contributed by atoms with Gasteiger partial charge in [0.05, 0.1) is 6.54 Å². The van der Waals surface area contributed by atoms with E-state index in [2.05, 4.69) is 5.32 Å². The summed E-state index contributed by atoms with van der Waals surface area (Å²) in [5.41, 5.74) is 0.769. The number of nitrogens with zero attached hydrogens (tertiary/aromatic N) is 1. The van der Waals surface area contributed by atoms with Crippen molar-refractivity contribution < 1.29 is 9.53 Å². The summed E-state index contributed by atoms with van der Waals surface area (Å²) in [6.45, 7) is 0.879. The number of amides is 2. The Morgan fingerprint density at radius 1 is 1.19 bits per heavy atom. The van der Waals surface area contributed by atoms with Crippen LogP contribution in [-0.4, -0.2) is 31.1 Å². The van der Waals surface area contributed by atoms with Crippen molar-refractivity contribution in [1.82, 2.24) is 4.90 Å². The quantitative estimate of drug-likeness (QED) is 0.910. The molecule has 5 heteroatoms. The van der Waals surface area contributed by atoms with Gasteiger partial charge in [-0.05, 0) is 30.3 Å². The molecule has 0 aliphatic carbocycles. The molecule has 0 spiro atoms. The lowest BCUT2D eigenvalue weighted by Gasteiger charge is -2.18. The standard InChI is InChI=1S/C16H17ClN2O2/c1-19(16(20)18-14-7-3-2-4-8-14)10-11-21-15-9-5-6-13(17)12-15/h2-9,12H,10-11H2,1H3,(H,18,20). The van der Waals surface area contributed by atoms with Crippen LogP contribution in [-0.2, 0) is 0 Å². The summed E-state index contributed by atoms with van der Waals surface area (Å²) in [6.07, 6.45) is 0. The first-order chi connectivity index (χ1) is 10.1. The molecule has 110 valence electrons. The molecule has 2 aromatic rings. The second-order valence-electron chi connectivity index (χ2n) is 4.52. The number of hydrogen-bond acceptors (Lipinski definition) is 2. The highest BCUT2D eigenvalue weighted by molar-refractivity contribution is 6.30. The average Bonchev–Trinajstić information content (AvgIpc) is 2.48. The summed E-state index contributed by atoms with van der Waals surface area (Å²) in [7, 11) is 1.72. The van der Waals surface area contributed by atoms with Crippen LogP contribution in [0.15, 0.2) is 54.6 Å². The molecule has 0 aliphatic heterocycles. The normalized spacial score (nSPS) is 10.0. The number of nitrogens with one attached hydrogen (secondary N) is 1. The number of ether oxygens (including phenoxy) is 1. The van der Waals surface area contributed by atoms with Crippen LogP contribution in [0, 0.1) is 0 Å². The van der Waals surface area contributed by atoms with Gasteiger partial charge in [0.15, 0.2) is 0 Å². The van der Waals surface area contributed by atoms with Crippen LogP contribution < -0.4 is 10.1 Å². The summed E-state index contributed by atoms with van der Waals surface area (Å²) in [4.78, 5) is 13.5. The first kappa shape index (κ1) is 15.2. The molecule has 0 bridgehead atoms. The molecule has 0 atom stereocenters. The predicted molar refractivity (Wildman–Crippen MR) is 85.0 cm³/mol. The summed E-state index contributed by atoms with van der Waals surface area (Å²) >= 11 is 5.87. The number of benzene rings is 2. The van der Waals surface area contributed by atoms with Crippen molar-refractivity contribution in [2.45, 2.75) is 0 Å². The number of rotatable bonds is 5. The van der Waals surface area contributed by atoms with E-state index in [-0.39, 0.29) is 6.03 Å². The number of para-hydroxylation sites is 1. The van der Waals surface area contributed by atoms with E-state index in [1.807, 2.05) is 42.5 Å². The molecule has 0 fully saturated rings. The summed E-state index contributed by atoms with van der Waals surface area (Å²) in [5, 5.41) is 3.44. The number of anilines is 1. The minimum absolute atomic E-state index is 0.170. The highest BCUT2D eigenvalue weighted by atomic mass is 35.5. The Bertz CT molecular complexity index is 590. The molecule has 0 unspecified atom stereocenters. The lowest BCUT2D eigenvalue weighted by molar-refractivity contribution is 0.207. The first-order valence-corrected chi connectivity index (χ1v) is 6.98. The fourth-order valence-corrected chi connectivity index (χ4v) is 1.88. The molecule has 0 aromatic heterocycles. The van der Waals surface area contributed by atoms with E-state index in [4.69, 9.17) is 16.3 Å². The Hall–Kier alpha value is -2.20. The third-order valence-corrected chi connectivity index (χ3v) is 3.10. The smallest absolute Gasteiger partial charge is 0.321 e. The van der Waals surface area contributed by atoms with Crippen LogP contribution in [0.2, 0.25) is 5.02 Å². The van der Waals surface area contributed by atoms with E-state index in [1.165, 1.54) is 0 Å². The number of carbonyl (C=O) groups is 1. The van der Waals surface area contributed by atoms with Gasteiger partial charge in [0, 0.05) is 17.8 Å². The zero-order valence-electron chi connectivity index (χ0n) is 11.8. The van der Waals surface area contributed by atoms with Crippen LogP contribution in [0.1, 0.15) is 0 Å². The van der Waals surface area contributed by atoms with Crippen LogP contribution in [0.25, 0.3) is 0 Å². The van der Waals surface area contributed by atoms with Gasteiger partial charge < -0.3 is 15.0 Å². The molecular weight excluding hydrogens is 288 g/mol. The summed E-state index contributed by atoms with van der Waals surface area (Å²) in [6, 6.07) is 16.3. The Morgan fingerprint density at radius 2 is 1.95 bits per heavy atom.